The molecule has 4 aliphatic heterocycles. The molecule has 0 radical (unpaired) electrons. The zero-order valence-corrected chi connectivity index (χ0v) is 21.1. The predicted molar refractivity (Wildman–Crippen MR) is 136 cm³/mol. The van der Waals surface area contributed by atoms with Gasteiger partial charge in [-0.15, -0.1) is 0 Å². The molecule has 9 rings (SSSR count). The molecule has 7 aliphatic rings. The summed E-state index contributed by atoms with van der Waals surface area (Å²) in [5.74, 6) is 1.03. The van der Waals surface area contributed by atoms with Crippen LogP contribution in [0.3, 0.4) is 0 Å². The quantitative estimate of drug-likeness (QED) is 0.597. The molecule has 3 aliphatic carbocycles. The van der Waals surface area contributed by atoms with Gasteiger partial charge in [-0.05, 0) is 61.8 Å². The van der Waals surface area contributed by atoms with Crippen molar-refractivity contribution in [2.45, 2.75) is 62.1 Å². The minimum absolute atomic E-state index is 0.0160. The van der Waals surface area contributed by atoms with Crippen LogP contribution >= 0.6 is 0 Å². The van der Waals surface area contributed by atoms with E-state index in [1.54, 1.807) is 7.11 Å². The Morgan fingerprint density at radius 3 is 2.81 bits per heavy atom. The number of piperidine rings is 1. The van der Waals surface area contributed by atoms with Crippen LogP contribution in [0.2, 0.25) is 0 Å². The predicted octanol–water partition coefficient (Wildman–Crippen LogP) is 3.90. The van der Waals surface area contributed by atoms with Crippen molar-refractivity contribution in [1.29, 1.82) is 0 Å². The molecule has 0 aromatic heterocycles. The Hall–Kier alpha value is -2.12. The van der Waals surface area contributed by atoms with E-state index in [1.165, 1.54) is 36.1 Å². The molecule has 2 aromatic carbocycles. The number of likely N-dealkylation sites (tertiary alicyclic amines) is 1. The summed E-state index contributed by atoms with van der Waals surface area (Å²) < 4.78 is 26.5. The third-order valence-electron chi connectivity index (χ3n) is 10.6. The van der Waals surface area contributed by atoms with E-state index in [0.717, 1.165) is 49.8 Å². The molecule has 2 saturated carbocycles. The van der Waals surface area contributed by atoms with Gasteiger partial charge in [-0.3, -0.25) is 4.90 Å². The highest BCUT2D eigenvalue weighted by atomic mass is 16.7. The van der Waals surface area contributed by atoms with E-state index in [0.29, 0.717) is 19.3 Å². The van der Waals surface area contributed by atoms with Gasteiger partial charge in [-0.1, -0.05) is 36.4 Å². The molecule has 36 heavy (non-hydrogen) atoms. The summed E-state index contributed by atoms with van der Waals surface area (Å²) in [6, 6.07) is 15.2. The van der Waals surface area contributed by atoms with Gasteiger partial charge in [0.1, 0.15) is 5.75 Å². The van der Waals surface area contributed by atoms with Crippen molar-refractivity contribution in [1.82, 2.24) is 4.90 Å². The van der Waals surface area contributed by atoms with Gasteiger partial charge in [-0.2, -0.15) is 0 Å². The zero-order chi connectivity index (χ0) is 24.1. The second kappa shape index (κ2) is 7.47. The Balaban J connectivity index is 1.22. The average Bonchev–Trinajstić information content (AvgIpc) is 3.64. The molecule has 3 saturated heterocycles. The molecular weight excluding hydrogens is 452 g/mol. The number of benzene rings is 2. The van der Waals surface area contributed by atoms with Crippen LogP contribution in [0.1, 0.15) is 42.4 Å². The highest BCUT2D eigenvalue weighted by Crippen LogP contribution is 2.74. The Labute approximate surface area is 213 Å². The largest absolute Gasteiger partial charge is 0.481 e. The van der Waals surface area contributed by atoms with Gasteiger partial charge in [0.25, 0.3) is 0 Å². The Morgan fingerprint density at radius 2 is 2.00 bits per heavy atom. The van der Waals surface area contributed by atoms with Gasteiger partial charge in [0.15, 0.2) is 6.10 Å². The molecule has 0 unspecified atom stereocenters. The standard InChI is InChI=1S/C30H36N2O4/c1-33-30-22(17-34-16-20-5-3-2-4-6-20)14-28(18-35-30)24-13-21-9-10-23(31)26-25(21)29(28,27(30)36-26)11-12-32(24)15-19-7-8-19/h2-6,9-10,19,22,24,27H,7-8,11-18,31H2,1H3/t22-,24-,27-,28+,29+,30+/m1/s1. The van der Waals surface area contributed by atoms with Crippen LogP contribution in [0.15, 0.2) is 42.5 Å². The summed E-state index contributed by atoms with van der Waals surface area (Å²) in [6.45, 7) is 4.24. The summed E-state index contributed by atoms with van der Waals surface area (Å²) in [5, 5.41) is 0. The number of methoxy groups -OCH3 is 1. The fraction of sp³-hybridized carbons (Fsp3) is 0.600. The Bertz CT molecular complexity index is 1200. The van der Waals surface area contributed by atoms with E-state index in [9.17, 15) is 0 Å². The first-order valence-electron chi connectivity index (χ1n) is 13.7. The van der Waals surface area contributed by atoms with Gasteiger partial charge in [0, 0.05) is 36.6 Å². The lowest BCUT2D eigenvalue weighted by Gasteiger charge is -2.73. The number of nitrogens with two attached hydrogens (primary N) is 1. The number of ether oxygens (including phenoxy) is 4. The smallest absolute Gasteiger partial charge is 0.211 e. The fourth-order valence-corrected chi connectivity index (χ4v) is 8.96. The van der Waals surface area contributed by atoms with Crippen LogP contribution in [0, 0.1) is 17.3 Å². The van der Waals surface area contributed by atoms with Crippen molar-refractivity contribution in [3.8, 4) is 5.75 Å². The molecule has 4 bridgehead atoms. The Kier molecular flexibility index (Phi) is 4.55. The van der Waals surface area contributed by atoms with Crippen LogP contribution in [0.25, 0.3) is 0 Å². The van der Waals surface area contributed by atoms with Crippen molar-refractivity contribution in [2.24, 2.45) is 17.3 Å². The molecule has 0 amide bonds. The maximum absolute atomic E-state index is 6.91. The SMILES string of the molecule is CO[C@]12OC[C@@]3(C[C@@H]1COCc1ccccc1)[C@H]1Cc4ccc(N)c5c4[C@@]3(CCN1CC1CC1)[C@H]2O5. The molecule has 6 nitrogen and oxygen atoms in total. The number of rotatable bonds is 7. The summed E-state index contributed by atoms with van der Waals surface area (Å²) in [5.41, 5.74) is 11.2. The molecule has 2 N–H and O–H groups in total. The van der Waals surface area contributed by atoms with Crippen LogP contribution in [-0.2, 0) is 32.7 Å². The van der Waals surface area contributed by atoms with E-state index in [4.69, 9.17) is 24.7 Å². The monoisotopic (exact) mass is 488 g/mol. The molecule has 190 valence electrons. The van der Waals surface area contributed by atoms with E-state index in [-0.39, 0.29) is 22.9 Å². The zero-order valence-electron chi connectivity index (χ0n) is 21.1. The van der Waals surface area contributed by atoms with Crippen molar-refractivity contribution in [2.75, 3.05) is 39.1 Å². The van der Waals surface area contributed by atoms with Crippen LogP contribution in [0.4, 0.5) is 5.69 Å². The highest BCUT2D eigenvalue weighted by Gasteiger charge is 2.81. The lowest BCUT2D eigenvalue weighted by Crippen LogP contribution is -2.83. The first-order chi connectivity index (χ1) is 17.6. The summed E-state index contributed by atoms with van der Waals surface area (Å²) in [7, 11) is 1.79. The molecule has 2 aromatic rings. The molecule has 2 spiro atoms. The number of hydrogen-bond donors (Lipinski definition) is 1. The summed E-state index contributed by atoms with van der Waals surface area (Å²) in [4.78, 5) is 2.81. The minimum atomic E-state index is -0.832. The van der Waals surface area contributed by atoms with E-state index in [2.05, 4.69) is 35.2 Å². The second-order valence-corrected chi connectivity index (χ2v) is 12.2. The number of nitrogens with zero attached hydrogens (tertiary/aromatic N) is 1. The molecule has 4 heterocycles. The van der Waals surface area contributed by atoms with Crippen molar-refractivity contribution < 1.29 is 18.9 Å². The second-order valence-electron chi connectivity index (χ2n) is 12.2. The lowest BCUT2D eigenvalue weighted by molar-refractivity contribution is -0.403. The maximum Gasteiger partial charge on any atom is 0.211 e. The van der Waals surface area contributed by atoms with Crippen molar-refractivity contribution in [3.05, 3.63) is 59.2 Å². The van der Waals surface area contributed by atoms with Crippen LogP contribution in [-0.4, -0.2) is 56.2 Å². The lowest BCUT2D eigenvalue weighted by atomic mass is 9.40. The van der Waals surface area contributed by atoms with Crippen molar-refractivity contribution in [3.63, 3.8) is 0 Å². The highest BCUT2D eigenvalue weighted by molar-refractivity contribution is 5.68. The molecule has 6 heteroatoms. The molecule has 6 atom stereocenters. The van der Waals surface area contributed by atoms with Gasteiger partial charge >= 0.3 is 0 Å². The Morgan fingerprint density at radius 1 is 1.14 bits per heavy atom. The molecular formula is C30H36N2O4. The van der Waals surface area contributed by atoms with Gasteiger partial charge in [0.05, 0.1) is 30.9 Å². The normalized spacial score (nSPS) is 39.6. The van der Waals surface area contributed by atoms with E-state index < -0.39 is 5.79 Å². The van der Waals surface area contributed by atoms with Crippen LogP contribution in [0.5, 0.6) is 5.75 Å². The van der Waals surface area contributed by atoms with Gasteiger partial charge in [0.2, 0.25) is 5.79 Å². The summed E-state index contributed by atoms with van der Waals surface area (Å²) >= 11 is 0. The third-order valence-corrected chi connectivity index (χ3v) is 10.6. The minimum Gasteiger partial charge on any atom is -0.481 e. The number of fused-ring (bicyclic) bond motifs is 2. The first-order valence-corrected chi connectivity index (χ1v) is 13.7. The number of hydrogen-bond acceptors (Lipinski definition) is 6. The van der Waals surface area contributed by atoms with E-state index in [1.807, 2.05) is 12.1 Å². The molecule has 5 fully saturated rings. The summed E-state index contributed by atoms with van der Waals surface area (Å²) in [6.07, 6.45) is 5.72. The van der Waals surface area contributed by atoms with Gasteiger partial charge in [-0.25, -0.2) is 0 Å². The first kappa shape index (κ1) is 21.9. The van der Waals surface area contributed by atoms with Crippen molar-refractivity contribution >= 4 is 5.69 Å². The maximum atomic E-state index is 6.91. The van der Waals surface area contributed by atoms with E-state index >= 15 is 0 Å². The average molecular weight is 489 g/mol. The topological polar surface area (TPSA) is 66.2 Å². The number of nitrogen functional groups attached to an aromatic ring is 1. The van der Waals surface area contributed by atoms with Gasteiger partial charge < -0.3 is 24.7 Å². The third kappa shape index (κ3) is 2.61. The fourth-order valence-electron chi connectivity index (χ4n) is 8.96. The number of anilines is 1. The van der Waals surface area contributed by atoms with Crippen LogP contribution < -0.4 is 10.5 Å².